The molecular formula is C42H49F2N5O5S. The van der Waals surface area contributed by atoms with Crippen LogP contribution in [-0.4, -0.2) is 70.0 Å². The van der Waals surface area contributed by atoms with E-state index in [-0.39, 0.29) is 55.5 Å². The molecule has 292 valence electrons. The number of hydrogen-bond acceptors (Lipinski definition) is 9. The van der Waals surface area contributed by atoms with Crippen molar-refractivity contribution < 1.29 is 32.6 Å². The Hall–Kier alpha value is -4.07. The summed E-state index contributed by atoms with van der Waals surface area (Å²) < 4.78 is 42.1. The van der Waals surface area contributed by atoms with Gasteiger partial charge in [-0.15, -0.1) is 11.3 Å². The van der Waals surface area contributed by atoms with Crippen LogP contribution in [0.25, 0.3) is 33.4 Å². The number of alkyl halides is 2. The first kappa shape index (κ1) is 37.8. The van der Waals surface area contributed by atoms with Crippen molar-refractivity contribution in [2.75, 3.05) is 13.7 Å². The Bertz CT molecular complexity index is 2130. The third kappa shape index (κ3) is 7.23. The minimum atomic E-state index is -2.74. The fourth-order valence-corrected chi connectivity index (χ4v) is 10.2. The Morgan fingerprint density at radius 2 is 1.93 bits per heavy atom. The van der Waals surface area contributed by atoms with Crippen LogP contribution in [0.15, 0.2) is 41.9 Å². The molecule has 2 saturated carbocycles. The van der Waals surface area contributed by atoms with Gasteiger partial charge in [-0.1, -0.05) is 19.9 Å². The number of methoxy groups -OCH3 is 1. The quantitative estimate of drug-likeness (QED) is 0.200. The van der Waals surface area contributed by atoms with Crippen molar-refractivity contribution in [1.29, 1.82) is 0 Å². The standard InChI is InChI=1S/C42H49F2N5O5S/c1-6-49-33-13-12-23-15-25(33)28(37(49)24-9-8-14-45-36(24)22(2)53-5)17-41(3,4)21-54-40(52)30-11-7-10-29(46-30)38(50)31(16-34-47-32(23)20-55-34)48-39(51)35-26-18-42(43,44)19-27(26)35/h8-9,12-15,20,22,26-27,29-31,35,46H,6-7,10-11,16-19,21H2,1-5H3,(H,48,51)/t22-,26-,27+,29?,30-,31-,35?/m0/s1. The van der Waals surface area contributed by atoms with Crippen molar-refractivity contribution in [2.24, 2.45) is 23.2 Å². The van der Waals surface area contributed by atoms with Gasteiger partial charge in [0.2, 0.25) is 11.8 Å². The SMILES string of the molecule is CCn1c(-c2cccnc2[C@H](C)OC)c2c3cc(ccc31)-c1csc(n1)C[C@H](NC(=O)C1[C@H]3CC(F)(F)C[C@@H]13)C(=O)C1CCC[C@H](N1)C(=O)OCC(C)(C)C2. The molecule has 5 heterocycles. The minimum absolute atomic E-state index is 0.153. The van der Waals surface area contributed by atoms with Gasteiger partial charge in [0.25, 0.3) is 0 Å². The van der Waals surface area contributed by atoms with E-state index >= 15 is 0 Å². The number of nitrogens with zero attached hydrogens (tertiary/aromatic N) is 3. The molecule has 4 aromatic rings. The van der Waals surface area contributed by atoms with Gasteiger partial charge >= 0.3 is 5.97 Å². The zero-order valence-electron chi connectivity index (χ0n) is 32.0. The first-order chi connectivity index (χ1) is 26.3. The monoisotopic (exact) mass is 773 g/mol. The maximum atomic E-state index is 14.2. The summed E-state index contributed by atoms with van der Waals surface area (Å²) in [4.78, 5) is 51.2. The van der Waals surface area contributed by atoms with Crippen LogP contribution in [0.5, 0.6) is 0 Å². The van der Waals surface area contributed by atoms with Crippen LogP contribution in [0.3, 0.4) is 0 Å². The van der Waals surface area contributed by atoms with Crippen LogP contribution >= 0.6 is 11.3 Å². The molecule has 4 aliphatic rings. The highest BCUT2D eigenvalue weighted by Gasteiger charge is 2.65. The molecule has 2 aliphatic heterocycles. The molecule has 3 fully saturated rings. The number of piperidine rings is 1. The number of aromatic nitrogens is 3. The number of pyridine rings is 1. The van der Waals surface area contributed by atoms with Crippen molar-refractivity contribution >= 4 is 39.9 Å². The van der Waals surface area contributed by atoms with Gasteiger partial charge in [0.15, 0.2) is 5.78 Å². The molecule has 2 unspecified atom stereocenters. The lowest BCUT2D eigenvalue weighted by Crippen LogP contribution is -2.57. The van der Waals surface area contributed by atoms with E-state index in [9.17, 15) is 23.2 Å². The number of hydrogen-bond donors (Lipinski definition) is 2. The summed E-state index contributed by atoms with van der Waals surface area (Å²) in [7, 11) is 1.68. The molecule has 6 bridgehead atoms. The van der Waals surface area contributed by atoms with E-state index in [0.29, 0.717) is 37.2 Å². The van der Waals surface area contributed by atoms with Crippen molar-refractivity contribution in [1.82, 2.24) is 25.2 Å². The molecule has 1 saturated heterocycles. The number of carbonyl (C=O) groups excluding carboxylic acids is 3. The Morgan fingerprint density at radius 3 is 2.67 bits per heavy atom. The fourth-order valence-electron chi connectivity index (χ4n) is 9.30. The highest BCUT2D eigenvalue weighted by molar-refractivity contribution is 7.10. The second-order valence-electron chi connectivity index (χ2n) is 16.7. The van der Waals surface area contributed by atoms with Crippen LogP contribution in [0, 0.1) is 23.2 Å². The van der Waals surface area contributed by atoms with Crippen LogP contribution in [-0.2, 0) is 43.2 Å². The maximum absolute atomic E-state index is 14.2. The molecule has 0 radical (unpaired) electrons. The van der Waals surface area contributed by atoms with E-state index in [1.165, 1.54) is 11.3 Å². The van der Waals surface area contributed by atoms with Crippen molar-refractivity contribution in [3.05, 3.63) is 58.2 Å². The summed E-state index contributed by atoms with van der Waals surface area (Å²) in [6, 6.07) is 8.09. The Balaban J connectivity index is 1.20. The van der Waals surface area contributed by atoms with E-state index < -0.39 is 41.4 Å². The summed E-state index contributed by atoms with van der Waals surface area (Å²) in [6.45, 7) is 9.18. The number of halogens is 2. The highest BCUT2D eigenvalue weighted by Crippen LogP contribution is 2.62. The number of cyclic esters (lactones) is 1. The molecule has 3 aromatic heterocycles. The van der Waals surface area contributed by atoms with E-state index in [0.717, 1.165) is 44.7 Å². The second kappa shape index (κ2) is 14.5. The van der Waals surface area contributed by atoms with E-state index in [4.69, 9.17) is 19.4 Å². The summed E-state index contributed by atoms with van der Waals surface area (Å²) in [5.74, 6) is -4.98. The first-order valence-electron chi connectivity index (χ1n) is 19.5. The average molecular weight is 774 g/mol. The van der Waals surface area contributed by atoms with E-state index in [2.05, 4.69) is 60.2 Å². The summed E-state index contributed by atoms with van der Waals surface area (Å²) in [5.41, 5.74) is 6.23. The number of aryl methyl sites for hydroxylation is 1. The normalized spacial score (nSPS) is 27.9. The van der Waals surface area contributed by atoms with Gasteiger partial charge in [-0.3, -0.25) is 24.7 Å². The predicted molar refractivity (Wildman–Crippen MR) is 206 cm³/mol. The summed E-state index contributed by atoms with van der Waals surface area (Å²) in [6.07, 6.45) is 3.36. The number of benzene rings is 1. The number of rotatable bonds is 6. The van der Waals surface area contributed by atoms with Crippen molar-refractivity contribution in [2.45, 2.75) is 109 Å². The lowest BCUT2D eigenvalue weighted by molar-refractivity contribution is -0.150. The van der Waals surface area contributed by atoms with Crippen molar-refractivity contribution in [3.8, 4) is 22.5 Å². The Kier molecular flexibility index (Phi) is 9.95. The molecule has 8 rings (SSSR count). The predicted octanol–water partition coefficient (Wildman–Crippen LogP) is 7.08. The fraction of sp³-hybridized carbons (Fsp3) is 0.548. The zero-order valence-corrected chi connectivity index (χ0v) is 32.8. The van der Waals surface area contributed by atoms with Crippen LogP contribution in [0.4, 0.5) is 8.78 Å². The van der Waals surface area contributed by atoms with Gasteiger partial charge in [0.1, 0.15) is 6.04 Å². The molecular weight excluding hydrogens is 725 g/mol. The van der Waals surface area contributed by atoms with Crippen LogP contribution < -0.4 is 10.6 Å². The number of Topliss-reactive ketones (excluding diaryl/α,β-unsaturated/α-hetero) is 1. The molecule has 2 N–H and O–H groups in total. The minimum Gasteiger partial charge on any atom is -0.464 e. The average Bonchev–Trinajstić information content (AvgIpc) is 3.44. The van der Waals surface area contributed by atoms with Gasteiger partial charge in [-0.2, -0.15) is 0 Å². The Labute approximate surface area is 323 Å². The molecule has 2 aliphatic carbocycles. The lowest BCUT2D eigenvalue weighted by atomic mass is 9.84. The number of thiazole rings is 1. The summed E-state index contributed by atoms with van der Waals surface area (Å²) >= 11 is 1.42. The smallest absolute Gasteiger partial charge is 0.323 e. The lowest BCUT2D eigenvalue weighted by Gasteiger charge is -2.32. The number of carbonyl (C=O) groups is 3. The largest absolute Gasteiger partial charge is 0.464 e. The topological polar surface area (TPSA) is 124 Å². The number of ketones is 1. The number of esters is 1. The molecule has 55 heavy (non-hydrogen) atoms. The van der Waals surface area contributed by atoms with E-state index in [1.807, 2.05) is 18.4 Å². The highest BCUT2D eigenvalue weighted by atomic mass is 32.1. The zero-order chi connectivity index (χ0) is 38.8. The van der Waals surface area contributed by atoms with Gasteiger partial charge in [0, 0.05) is 77.9 Å². The number of fused-ring (bicyclic) bond motifs is 7. The van der Waals surface area contributed by atoms with E-state index in [1.54, 1.807) is 13.3 Å². The molecule has 13 heteroatoms. The Morgan fingerprint density at radius 1 is 1.16 bits per heavy atom. The van der Waals surface area contributed by atoms with Crippen LogP contribution in [0.1, 0.15) is 82.2 Å². The maximum Gasteiger partial charge on any atom is 0.323 e. The van der Waals surface area contributed by atoms with Gasteiger partial charge in [-0.25, -0.2) is 13.8 Å². The number of amides is 1. The second-order valence-corrected chi connectivity index (χ2v) is 17.6. The molecule has 7 atom stereocenters. The number of ether oxygens (including phenoxy) is 2. The van der Waals surface area contributed by atoms with Crippen LogP contribution in [0.2, 0.25) is 0 Å². The molecule has 0 spiro atoms. The molecule has 1 aromatic carbocycles. The first-order valence-corrected chi connectivity index (χ1v) is 20.4. The van der Waals surface area contributed by atoms with Gasteiger partial charge in [0.05, 0.1) is 46.9 Å². The molecule has 1 amide bonds. The third-order valence-electron chi connectivity index (χ3n) is 12.2. The van der Waals surface area contributed by atoms with Gasteiger partial charge in [-0.05, 0) is 81.2 Å². The van der Waals surface area contributed by atoms with Crippen molar-refractivity contribution in [3.63, 3.8) is 0 Å². The summed E-state index contributed by atoms with van der Waals surface area (Å²) in [5, 5.41) is 9.92. The molecule has 10 nitrogen and oxygen atoms in total. The number of nitrogens with one attached hydrogen (secondary N) is 2. The third-order valence-corrected chi connectivity index (χ3v) is 13.1. The van der Waals surface area contributed by atoms with Gasteiger partial charge < -0.3 is 19.4 Å².